The molecule has 4 heteroatoms. The van der Waals surface area contributed by atoms with Gasteiger partial charge < -0.3 is 21.6 Å². The zero-order valence-corrected chi connectivity index (χ0v) is 7.44. The van der Waals surface area contributed by atoms with Gasteiger partial charge in [-0.1, -0.05) is 6.92 Å². The maximum Gasteiger partial charge on any atom is -0.00799 e. The Morgan fingerprint density at radius 1 is 1.10 bits per heavy atom. The quantitative estimate of drug-likeness (QED) is 0.518. The summed E-state index contributed by atoms with van der Waals surface area (Å²) in [4.78, 5) is 2.00. The molecular formula is C6H22N2O2. The highest BCUT2D eigenvalue weighted by molar-refractivity contribution is 4.19. The van der Waals surface area contributed by atoms with Gasteiger partial charge in [-0.25, -0.2) is 0 Å². The van der Waals surface area contributed by atoms with Crippen LogP contribution in [-0.2, 0) is 0 Å². The lowest BCUT2D eigenvalue weighted by Crippen LogP contribution is -1.99. The van der Waals surface area contributed by atoms with E-state index >= 15 is 0 Å². The van der Waals surface area contributed by atoms with Crippen molar-refractivity contribution >= 4 is 0 Å². The van der Waals surface area contributed by atoms with E-state index in [2.05, 4.69) is 6.92 Å². The van der Waals surface area contributed by atoms with Crippen molar-refractivity contribution in [3.05, 3.63) is 0 Å². The van der Waals surface area contributed by atoms with Crippen LogP contribution < -0.4 is 5.73 Å². The first-order valence-electron chi connectivity index (χ1n) is 2.96. The molecule has 0 fully saturated rings. The lowest BCUT2D eigenvalue weighted by Gasteiger charge is -1.90. The van der Waals surface area contributed by atoms with Crippen molar-refractivity contribution in [2.45, 2.75) is 13.3 Å². The number of rotatable bonds is 1. The molecule has 0 amide bonds. The molecule has 0 aliphatic carbocycles. The third-order valence-electron chi connectivity index (χ3n) is 0.289. The normalized spacial score (nSPS) is 6.60. The molecule has 0 atom stereocenters. The first-order valence-corrected chi connectivity index (χ1v) is 2.96. The summed E-state index contributed by atoms with van der Waals surface area (Å²) in [6, 6.07) is 0. The molecule has 0 heterocycles. The number of hydrogen-bond acceptors (Lipinski definition) is 2. The second-order valence-electron chi connectivity index (χ2n) is 2.13. The van der Waals surface area contributed by atoms with Gasteiger partial charge >= 0.3 is 0 Å². The van der Waals surface area contributed by atoms with Gasteiger partial charge in [0.05, 0.1) is 0 Å². The summed E-state index contributed by atoms with van der Waals surface area (Å²) in [5.41, 5.74) is 5.03. The molecular weight excluding hydrogens is 132 g/mol. The molecule has 0 spiro atoms. The molecule has 0 aliphatic rings. The monoisotopic (exact) mass is 154 g/mol. The smallest absolute Gasteiger partial charge is 0.00799 e. The maximum atomic E-state index is 5.03. The molecule has 68 valence electrons. The Bertz CT molecular complexity index is 30.2. The minimum atomic E-state index is 0. The van der Waals surface area contributed by atoms with E-state index in [1.54, 1.807) is 0 Å². The van der Waals surface area contributed by atoms with Gasteiger partial charge in [-0.3, -0.25) is 0 Å². The summed E-state index contributed by atoms with van der Waals surface area (Å²) < 4.78 is 0. The van der Waals surface area contributed by atoms with Crippen LogP contribution in [0.4, 0.5) is 0 Å². The third-order valence-corrected chi connectivity index (χ3v) is 0.289. The zero-order valence-electron chi connectivity index (χ0n) is 7.44. The van der Waals surface area contributed by atoms with Crippen LogP contribution in [-0.4, -0.2) is 43.5 Å². The molecule has 0 saturated carbocycles. The summed E-state index contributed by atoms with van der Waals surface area (Å²) in [6.45, 7) is 2.88. The average Bonchev–Trinajstić information content (AvgIpc) is 1.65. The van der Waals surface area contributed by atoms with Crippen LogP contribution in [0.15, 0.2) is 0 Å². The van der Waals surface area contributed by atoms with E-state index < -0.39 is 0 Å². The van der Waals surface area contributed by atoms with Crippen LogP contribution in [0.1, 0.15) is 13.3 Å². The molecule has 0 radical (unpaired) electrons. The van der Waals surface area contributed by atoms with Crippen LogP contribution in [0.25, 0.3) is 0 Å². The van der Waals surface area contributed by atoms with E-state index in [0.717, 1.165) is 13.0 Å². The molecule has 0 aliphatic heterocycles. The summed E-state index contributed by atoms with van der Waals surface area (Å²) >= 11 is 0. The second-order valence-corrected chi connectivity index (χ2v) is 2.13. The second kappa shape index (κ2) is 23.2. The van der Waals surface area contributed by atoms with Crippen molar-refractivity contribution in [3.63, 3.8) is 0 Å². The van der Waals surface area contributed by atoms with Crippen LogP contribution in [0.3, 0.4) is 0 Å². The van der Waals surface area contributed by atoms with Crippen LogP contribution in [0.2, 0.25) is 0 Å². The highest BCUT2D eigenvalue weighted by Crippen LogP contribution is 1.57. The molecule has 0 unspecified atom stereocenters. The van der Waals surface area contributed by atoms with Gasteiger partial charge in [-0.15, -0.1) is 0 Å². The fourth-order valence-electron chi connectivity index (χ4n) is 0. The maximum absolute atomic E-state index is 5.03. The lowest BCUT2D eigenvalue weighted by molar-refractivity contribution is 0.505. The predicted molar refractivity (Wildman–Crippen MR) is 46.2 cm³/mol. The Labute approximate surface area is 63.6 Å². The molecule has 0 rings (SSSR count). The lowest BCUT2D eigenvalue weighted by atomic mass is 10.5. The Balaban J connectivity index is -0.0000000300. The molecule has 4 nitrogen and oxygen atoms in total. The fourth-order valence-corrected chi connectivity index (χ4v) is 0. The van der Waals surface area contributed by atoms with Crippen molar-refractivity contribution in [1.29, 1.82) is 0 Å². The van der Waals surface area contributed by atoms with Gasteiger partial charge in [-0.05, 0) is 34.1 Å². The number of nitrogens with zero attached hydrogens (tertiary/aromatic N) is 1. The average molecular weight is 154 g/mol. The van der Waals surface area contributed by atoms with Gasteiger partial charge in [-0.2, -0.15) is 0 Å². The molecule has 10 heavy (non-hydrogen) atoms. The summed E-state index contributed by atoms with van der Waals surface area (Å²) in [6.07, 6.45) is 1.10. The van der Waals surface area contributed by atoms with Gasteiger partial charge in [0.25, 0.3) is 0 Å². The Hall–Kier alpha value is -0.160. The first-order chi connectivity index (χ1) is 3.65. The van der Waals surface area contributed by atoms with E-state index in [4.69, 9.17) is 5.73 Å². The van der Waals surface area contributed by atoms with E-state index in [1.165, 1.54) is 0 Å². The first kappa shape index (κ1) is 22.5. The van der Waals surface area contributed by atoms with Crippen molar-refractivity contribution in [3.8, 4) is 0 Å². The minimum absolute atomic E-state index is 0. The minimum Gasteiger partial charge on any atom is -0.412 e. The van der Waals surface area contributed by atoms with Crippen molar-refractivity contribution < 1.29 is 11.0 Å². The third kappa shape index (κ3) is 520. The van der Waals surface area contributed by atoms with Gasteiger partial charge in [0.1, 0.15) is 0 Å². The molecule has 0 aromatic carbocycles. The van der Waals surface area contributed by atoms with E-state index in [0.29, 0.717) is 0 Å². The van der Waals surface area contributed by atoms with Crippen LogP contribution in [0, 0.1) is 0 Å². The van der Waals surface area contributed by atoms with E-state index in [-0.39, 0.29) is 11.0 Å². The highest BCUT2D eigenvalue weighted by atomic mass is 16.0. The number of nitrogens with two attached hydrogens (primary N) is 1. The SMILES string of the molecule is CCCN.CN(C)C.O.O. The predicted octanol–water partition coefficient (Wildman–Crippen LogP) is -1.12. The summed E-state index contributed by atoms with van der Waals surface area (Å²) in [5.74, 6) is 0. The topological polar surface area (TPSA) is 92.3 Å². The number of hydrogen-bond donors (Lipinski definition) is 1. The molecule has 0 aromatic heterocycles. The van der Waals surface area contributed by atoms with Crippen LogP contribution >= 0.6 is 0 Å². The van der Waals surface area contributed by atoms with E-state index in [1.807, 2.05) is 26.0 Å². The van der Waals surface area contributed by atoms with Crippen molar-refractivity contribution in [1.82, 2.24) is 4.90 Å². The summed E-state index contributed by atoms with van der Waals surface area (Å²) in [7, 11) is 6.00. The standard InChI is InChI=1S/2C3H9N.2H2O/c1-4(2)3;1-2-3-4;;/h1-3H3;2-4H2,1H3;2*1H2. The fraction of sp³-hybridized carbons (Fsp3) is 1.00. The van der Waals surface area contributed by atoms with Gasteiger partial charge in [0, 0.05) is 0 Å². The van der Waals surface area contributed by atoms with Crippen molar-refractivity contribution in [2.75, 3.05) is 27.7 Å². The summed E-state index contributed by atoms with van der Waals surface area (Å²) in [5, 5.41) is 0. The molecule has 6 N–H and O–H groups in total. The van der Waals surface area contributed by atoms with E-state index in [9.17, 15) is 0 Å². The van der Waals surface area contributed by atoms with Gasteiger partial charge in [0.2, 0.25) is 0 Å². The Morgan fingerprint density at radius 3 is 1.20 bits per heavy atom. The molecule has 0 bridgehead atoms. The largest absolute Gasteiger partial charge is 0.412 e. The van der Waals surface area contributed by atoms with Crippen molar-refractivity contribution in [2.24, 2.45) is 5.73 Å². The van der Waals surface area contributed by atoms with Gasteiger partial charge in [0.15, 0.2) is 0 Å². The molecule has 0 saturated heterocycles. The van der Waals surface area contributed by atoms with Crippen LogP contribution in [0.5, 0.6) is 0 Å². The molecule has 0 aromatic rings. The Kier molecular flexibility index (Phi) is 52.3. The Morgan fingerprint density at radius 2 is 1.20 bits per heavy atom. The highest BCUT2D eigenvalue weighted by Gasteiger charge is 1.58. The zero-order chi connectivity index (χ0) is 6.99.